The molecule has 2 aromatic carbocycles. The summed E-state index contributed by atoms with van der Waals surface area (Å²) in [6, 6.07) is 18.3. The van der Waals surface area contributed by atoms with Gasteiger partial charge in [0.05, 0.1) is 0 Å². The third kappa shape index (κ3) is 5.82. The molecule has 0 unspecified atom stereocenters. The first-order chi connectivity index (χ1) is 12.3. The normalized spacial score (nSPS) is 18.3. The molecule has 1 aliphatic carbocycles. The summed E-state index contributed by atoms with van der Waals surface area (Å²) in [5.41, 5.74) is 4.39. The van der Waals surface area contributed by atoms with Gasteiger partial charge >= 0.3 is 26.2 Å². The van der Waals surface area contributed by atoms with E-state index in [1.54, 1.807) is 10.6 Å². The fourth-order valence-corrected chi connectivity index (χ4v) is 9.46. The molecule has 4 rings (SSSR count). The second kappa shape index (κ2) is 11.6. The van der Waals surface area contributed by atoms with Crippen LogP contribution in [0.25, 0.3) is 10.8 Å². The zero-order valence-corrected chi connectivity index (χ0v) is 23.7. The number of fused-ring (bicyclic) bond motifs is 1. The number of rotatable bonds is 3. The van der Waals surface area contributed by atoms with Crippen molar-refractivity contribution >= 4 is 24.0 Å². The summed E-state index contributed by atoms with van der Waals surface area (Å²) < 4.78 is 0. The first-order valence-corrected chi connectivity index (χ1v) is 12.9. The zero-order valence-electron chi connectivity index (χ0n) is 18.8. The third-order valence-corrected chi connectivity index (χ3v) is 12.5. The summed E-state index contributed by atoms with van der Waals surface area (Å²) in [5, 5.41) is 4.77. The van der Waals surface area contributed by atoms with Gasteiger partial charge in [-0.25, -0.2) is 5.57 Å². The largest absolute Gasteiger partial charge is 4.00 e. The maximum absolute atomic E-state index is 3.44. The van der Waals surface area contributed by atoms with Crippen LogP contribution in [0.4, 0.5) is 0 Å². The van der Waals surface area contributed by atoms with Gasteiger partial charge in [0.15, 0.2) is 0 Å². The summed E-state index contributed by atoms with van der Waals surface area (Å²) in [6.07, 6.45) is 6.28. The van der Waals surface area contributed by atoms with Crippen LogP contribution in [-0.2, 0) is 26.2 Å². The topological polar surface area (TPSA) is 0 Å². The van der Waals surface area contributed by atoms with Gasteiger partial charge in [-0.15, -0.1) is 41.1 Å². The van der Waals surface area contributed by atoms with E-state index in [2.05, 4.69) is 84.0 Å². The first kappa shape index (κ1) is 29.0. The third-order valence-electron chi connectivity index (χ3n) is 6.85. The van der Waals surface area contributed by atoms with Crippen LogP contribution in [0.5, 0.6) is 0 Å². The Hall–Kier alpha value is -0.01000. The molecule has 1 aliphatic heterocycles. The van der Waals surface area contributed by atoms with Gasteiger partial charge in [-0.05, 0) is 0 Å². The second-order valence-electron chi connectivity index (χ2n) is 8.84. The van der Waals surface area contributed by atoms with Crippen LogP contribution in [-0.4, -0.2) is 8.07 Å². The van der Waals surface area contributed by atoms with E-state index in [-0.39, 0.29) is 56.4 Å². The molecule has 0 radical (unpaired) electrons. The molecule has 0 saturated carbocycles. The molecule has 0 aromatic heterocycles. The molecular weight excluding hydrogens is 490 g/mol. The average Bonchev–Trinajstić information content (AvgIpc) is 3.07. The van der Waals surface area contributed by atoms with Crippen LogP contribution in [0, 0.1) is 11.5 Å². The molecule has 0 bridgehead atoms. The molecule has 1 fully saturated rings. The predicted octanol–water partition coefficient (Wildman–Crippen LogP) is 1.15. The van der Waals surface area contributed by atoms with Crippen molar-refractivity contribution in [3.8, 4) is 0 Å². The maximum atomic E-state index is 3.44. The van der Waals surface area contributed by atoms with E-state index in [4.69, 9.17) is 0 Å². The van der Waals surface area contributed by atoms with E-state index in [0.717, 1.165) is 0 Å². The van der Waals surface area contributed by atoms with E-state index in [1.165, 1.54) is 53.1 Å². The SMILES string of the molecule is CC1=[C-]C(C)(C)C(C)=C1C.CCC[Si]1([c-]2ccc3ccccc32)CCC1.[Cl-].[Cl-].[Zr+4]. The zero-order chi connectivity index (χ0) is 18.9. The number of hydrogen-bond donors (Lipinski definition) is 0. The van der Waals surface area contributed by atoms with E-state index < -0.39 is 8.07 Å². The molecule has 1 saturated heterocycles. The molecule has 0 atom stereocenters. The van der Waals surface area contributed by atoms with Gasteiger partial charge in [0.25, 0.3) is 0 Å². The van der Waals surface area contributed by atoms with Crippen LogP contribution in [0.3, 0.4) is 0 Å². The van der Waals surface area contributed by atoms with Crippen LogP contribution < -0.4 is 30.0 Å². The Morgan fingerprint density at radius 2 is 1.66 bits per heavy atom. The molecule has 0 N–H and O–H groups in total. The van der Waals surface area contributed by atoms with Crippen molar-refractivity contribution in [2.24, 2.45) is 5.41 Å². The monoisotopic (exact) mass is 522 g/mol. The van der Waals surface area contributed by atoms with E-state index in [1.807, 2.05) is 0 Å². The van der Waals surface area contributed by atoms with E-state index in [9.17, 15) is 0 Å². The van der Waals surface area contributed by atoms with Crippen LogP contribution >= 0.6 is 0 Å². The Kier molecular flexibility index (Phi) is 11.6. The maximum Gasteiger partial charge on any atom is 4.00 e. The van der Waals surface area contributed by atoms with Crippen LogP contribution in [0.2, 0.25) is 18.1 Å². The summed E-state index contributed by atoms with van der Waals surface area (Å²) in [5.74, 6) is 0. The molecule has 4 heteroatoms. The molecule has 29 heavy (non-hydrogen) atoms. The van der Waals surface area contributed by atoms with Crippen LogP contribution in [0.1, 0.15) is 54.4 Å². The van der Waals surface area contributed by atoms with E-state index in [0.29, 0.717) is 0 Å². The van der Waals surface area contributed by atoms with Gasteiger partial charge in [-0.1, -0.05) is 77.1 Å². The number of halogens is 2. The molecular formula is C25H34Cl2SiZr. The van der Waals surface area contributed by atoms with Crippen molar-refractivity contribution in [1.29, 1.82) is 0 Å². The van der Waals surface area contributed by atoms with Gasteiger partial charge in [0.1, 0.15) is 0 Å². The minimum Gasteiger partial charge on any atom is -1.00 e. The average molecular weight is 525 g/mol. The van der Waals surface area contributed by atoms with Crippen molar-refractivity contribution in [1.82, 2.24) is 0 Å². The minimum absolute atomic E-state index is 0. The summed E-state index contributed by atoms with van der Waals surface area (Å²) in [7, 11) is -1.03. The number of benzene rings is 1. The van der Waals surface area contributed by atoms with Crippen molar-refractivity contribution < 1.29 is 51.0 Å². The Morgan fingerprint density at radius 1 is 1.03 bits per heavy atom. The molecule has 156 valence electrons. The number of hydrogen-bond acceptors (Lipinski definition) is 0. The van der Waals surface area contributed by atoms with Gasteiger partial charge in [-0.2, -0.15) is 23.3 Å². The molecule has 0 spiro atoms. The number of allylic oxidation sites excluding steroid dienone is 4. The molecule has 0 amide bonds. The van der Waals surface area contributed by atoms with Crippen molar-refractivity contribution in [3.63, 3.8) is 0 Å². The van der Waals surface area contributed by atoms with Gasteiger partial charge in [0, 0.05) is 8.07 Å². The van der Waals surface area contributed by atoms with Crippen molar-refractivity contribution in [2.45, 2.75) is 72.5 Å². The van der Waals surface area contributed by atoms with E-state index >= 15 is 0 Å². The first-order valence-electron chi connectivity index (χ1n) is 10.3. The van der Waals surface area contributed by atoms with Gasteiger partial charge in [0.2, 0.25) is 0 Å². The van der Waals surface area contributed by atoms with Gasteiger partial charge < -0.3 is 24.8 Å². The molecule has 2 aromatic rings. The van der Waals surface area contributed by atoms with Gasteiger partial charge in [-0.3, -0.25) is 6.08 Å². The van der Waals surface area contributed by atoms with Crippen molar-refractivity contribution in [3.05, 3.63) is 59.2 Å². The standard InChI is InChI=1S/C15H19Si.C10H15.2ClH.Zr/c1-2-10-16(11-5-12-16)15-9-8-13-6-3-4-7-14(13)15;1-7-6-10(4,5)9(3)8(7)2;;;/h3-4,6-9H,2,5,10-12H2,1H3;1-5H3;2*1H;/q2*-1;;;+4/p-2. The molecule has 2 aliphatic rings. The van der Waals surface area contributed by atoms with Crippen molar-refractivity contribution in [2.75, 3.05) is 0 Å². The summed E-state index contributed by atoms with van der Waals surface area (Å²) in [6.45, 7) is 13.3. The quantitative estimate of drug-likeness (QED) is 0.418. The Bertz CT molecular complexity index is 857. The predicted molar refractivity (Wildman–Crippen MR) is 119 cm³/mol. The fraction of sp³-hybridized carbons (Fsp3) is 0.480. The smallest absolute Gasteiger partial charge is 1.00 e. The fourth-order valence-electron chi connectivity index (χ4n) is 4.76. The minimum atomic E-state index is -1.03. The Morgan fingerprint density at radius 3 is 2.07 bits per heavy atom. The molecule has 0 nitrogen and oxygen atoms in total. The Labute approximate surface area is 210 Å². The molecule has 1 heterocycles. The summed E-state index contributed by atoms with van der Waals surface area (Å²) in [4.78, 5) is 0. The second-order valence-corrected chi connectivity index (χ2v) is 13.4. The Balaban J connectivity index is 0.000000535. The summed E-state index contributed by atoms with van der Waals surface area (Å²) >= 11 is 0. The van der Waals surface area contributed by atoms with Crippen LogP contribution in [0.15, 0.2) is 53.1 Å².